The number of halogens is 1. The maximum Gasteiger partial charge on any atom is 0.254 e. The molecule has 0 aromatic heterocycles. The molecule has 27 heavy (non-hydrogen) atoms. The Labute approximate surface area is 165 Å². The summed E-state index contributed by atoms with van der Waals surface area (Å²) in [6, 6.07) is 15.2. The second kappa shape index (κ2) is 7.73. The van der Waals surface area contributed by atoms with Gasteiger partial charge in [-0.15, -0.1) is 0 Å². The fourth-order valence-electron chi connectivity index (χ4n) is 3.44. The number of fused-ring (bicyclic) bond motifs is 1. The van der Waals surface area contributed by atoms with Crippen molar-refractivity contribution in [2.75, 3.05) is 6.54 Å². The number of nitrogens with zero attached hydrogens (tertiary/aromatic N) is 1. The van der Waals surface area contributed by atoms with Gasteiger partial charge in [-0.2, -0.15) is 0 Å². The van der Waals surface area contributed by atoms with Crippen LogP contribution in [0.2, 0.25) is 5.02 Å². The lowest BCUT2D eigenvalue weighted by Gasteiger charge is -2.26. The average Bonchev–Trinajstić information content (AvgIpc) is 2.90. The van der Waals surface area contributed by atoms with Crippen LogP contribution in [0.4, 0.5) is 0 Å². The van der Waals surface area contributed by atoms with Gasteiger partial charge in [0, 0.05) is 41.6 Å². The maximum atomic E-state index is 12.7. The molecule has 0 saturated heterocycles. The quantitative estimate of drug-likeness (QED) is 0.831. The van der Waals surface area contributed by atoms with Crippen molar-refractivity contribution in [3.63, 3.8) is 0 Å². The molecule has 2 aromatic carbocycles. The minimum atomic E-state index is -0.290. The Morgan fingerprint density at radius 2 is 1.81 bits per heavy atom. The van der Waals surface area contributed by atoms with Crippen LogP contribution in [0.15, 0.2) is 48.5 Å². The number of rotatable bonds is 5. The fraction of sp³-hybridized carbons (Fsp3) is 0.364. The zero-order chi connectivity index (χ0) is 19.6. The van der Waals surface area contributed by atoms with E-state index in [1.165, 1.54) is 0 Å². The highest BCUT2D eigenvalue weighted by atomic mass is 35.5. The van der Waals surface area contributed by atoms with Crippen LogP contribution >= 0.6 is 11.6 Å². The molecule has 142 valence electrons. The first-order valence-corrected chi connectivity index (χ1v) is 9.54. The Bertz CT molecular complexity index is 840. The summed E-state index contributed by atoms with van der Waals surface area (Å²) in [6.07, 6.45) is 0.318. The highest BCUT2D eigenvalue weighted by Gasteiger charge is 2.30. The van der Waals surface area contributed by atoms with E-state index in [2.05, 4.69) is 5.32 Å². The zero-order valence-electron chi connectivity index (χ0n) is 16.0. The van der Waals surface area contributed by atoms with E-state index in [0.717, 1.165) is 16.7 Å². The summed E-state index contributed by atoms with van der Waals surface area (Å²) >= 11 is 6.02. The minimum Gasteiger partial charge on any atom is -0.351 e. The average molecular weight is 385 g/mol. The van der Waals surface area contributed by atoms with E-state index in [9.17, 15) is 9.59 Å². The van der Waals surface area contributed by atoms with Gasteiger partial charge in [0.25, 0.3) is 5.91 Å². The highest BCUT2D eigenvalue weighted by molar-refractivity contribution is 6.30. The van der Waals surface area contributed by atoms with Gasteiger partial charge in [0.1, 0.15) is 0 Å². The van der Waals surface area contributed by atoms with Crippen LogP contribution in [0, 0.1) is 0 Å². The summed E-state index contributed by atoms with van der Waals surface area (Å²) in [5, 5.41) is 3.67. The molecule has 2 aromatic rings. The van der Waals surface area contributed by atoms with Crippen LogP contribution in [0.5, 0.6) is 0 Å². The molecule has 0 bridgehead atoms. The second-order valence-electron chi connectivity index (χ2n) is 8.09. The second-order valence-corrected chi connectivity index (χ2v) is 8.53. The Morgan fingerprint density at radius 3 is 2.44 bits per heavy atom. The van der Waals surface area contributed by atoms with Gasteiger partial charge in [0.15, 0.2) is 0 Å². The van der Waals surface area contributed by atoms with E-state index in [1.54, 1.807) is 0 Å². The van der Waals surface area contributed by atoms with Crippen LogP contribution in [-0.2, 0) is 11.3 Å². The largest absolute Gasteiger partial charge is 0.351 e. The highest BCUT2D eigenvalue weighted by Crippen LogP contribution is 2.28. The number of hydrogen-bond acceptors (Lipinski definition) is 2. The molecule has 5 heteroatoms. The van der Waals surface area contributed by atoms with Gasteiger partial charge in [-0.25, -0.2) is 0 Å². The molecule has 3 rings (SSSR count). The number of nitrogens with one attached hydrogen (secondary N) is 1. The molecule has 0 spiro atoms. The molecular weight excluding hydrogens is 360 g/mol. The SMILES string of the molecule is CC(C)(C)NC(=O)CC(CN1Cc2ccccc2C1=O)c1ccc(Cl)cc1. The molecule has 0 fully saturated rings. The maximum absolute atomic E-state index is 12.7. The van der Waals surface area contributed by atoms with Gasteiger partial charge in [0.2, 0.25) is 5.91 Å². The van der Waals surface area contributed by atoms with Gasteiger partial charge < -0.3 is 10.2 Å². The molecule has 1 aliphatic rings. The predicted octanol–water partition coefficient (Wildman–Crippen LogP) is 4.38. The first-order valence-electron chi connectivity index (χ1n) is 9.16. The molecule has 1 aliphatic heterocycles. The molecule has 1 unspecified atom stereocenters. The molecule has 4 nitrogen and oxygen atoms in total. The Hall–Kier alpha value is -2.33. The van der Waals surface area contributed by atoms with Crippen molar-refractivity contribution in [3.05, 3.63) is 70.2 Å². The monoisotopic (exact) mass is 384 g/mol. The summed E-state index contributed by atoms with van der Waals surface area (Å²) in [7, 11) is 0. The zero-order valence-corrected chi connectivity index (χ0v) is 16.7. The molecule has 1 heterocycles. The smallest absolute Gasteiger partial charge is 0.254 e. The summed E-state index contributed by atoms with van der Waals surface area (Å²) < 4.78 is 0. The van der Waals surface area contributed by atoms with E-state index >= 15 is 0 Å². The molecular formula is C22H25ClN2O2. The summed E-state index contributed by atoms with van der Waals surface area (Å²) in [5.41, 5.74) is 2.51. The minimum absolute atomic E-state index is 0.0217. The Kier molecular flexibility index (Phi) is 5.56. The standard InChI is InChI=1S/C22H25ClN2O2/c1-22(2,3)24-20(26)12-17(15-8-10-18(23)11-9-15)14-25-13-16-6-4-5-7-19(16)21(25)27/h4-11,17H,12-14H2,1-3H3,(H,24,26). The van der Waals surface area contributed by atoms with Crippen LogP contribution in [0.1, 0.15) is 54.6 Å². The lowest BCUT2D eigenvalue weighted by Crippen LogP contribution is -2.42. The lowest BCUT2D eigenvalue weighted by molar-refractivity contribution is -0.123. The van der Waals surface area contributed by atoms with Crippen molar-refractivity contribution < 1.29 is 9.59 Å². The number of benzene rings is 2. The number of carbonyl (C=O) groups is 2. The van der Waals surface area contributed by atoms with E-state index in [0.29, 0.717) is 24.5 Å². The lowest BCUT2D eigenvalue weighted by atomic mass is 9.94. The number of hydrogen-bond donors (Lipinski definition) is 1. The van der Waals surface area contributed by atoms with Crippen molar-refractivity contribution in [2.45, 2.75) is 45.2 Å². The third-order valence-electron chi connectivity index (χ3n) is 4.62. The Balaban J connectivity index is 1.79. The van der Waals surface area contributed by atoms with Crippen LogP contribution < -0.4 is 5.32 Å². The predicted molar refractivity (Wildman–Crippen MR) is 108 cm³/mol. The van der Waals surface area contributed by atoms with Crippen molar-refractivity contribution in [3.8, 4) is 0 Å². The van der Waals surface area contributed by atoms with Crippen molar-refractivity contribution in [2.24, 2.45) is 0 Å². The van der Waals surface area contributed by atoms with Crippen molar-refractivity contribution in [1.82, 2.24) is 10.2 Å². The van der Waals surface area contributed by atoms with Crippen LogP contribution in [-0.4, -0.2) is 28.8 Å². The van der Waals surface area contributed by atoms with Gasteiger partial charge in [0.05, 0.1) is 0 Å². The van der Waals surface area contributed by atoms with E-state index in [1.807, 2.05) is 74.2 Å². The molecule has 0 aliphatic carbocycles. The fourth-order valence-corrected chi connectivity index (χ4v) is 3.57. The topological polar surface area (TPSA) is 49.4 Å². The van der Waals surface area contributed by atoms with Crippen molar-refractivity contribution in [1.29, 1.82) is 0 Å². The van der Waals surface area contributed by atoms with E-state index in [-0.39, 0.29) is 23.3 Å². The van der Waals surface area contributed by atoms with Crippen LogP contribution in [0.25, 0.3) is 0 Å². The molecule has 1 N–H and O–H groups in total. The number of carbonyl (C=O) groups excluding carboxylic acids is 2. The first kappa shape index (κ1) is 19.4. The molecule has 2 amide bonds. The Morgan fingerprint density at radius 1 is 1.15 bits per heavy atom. The molecule has 1 atom stereocenters. The summed E-state index contributed by atoms with van der Waals surface area (Å²) in [4.78, 5) is 27.1. The van der Waals surface area contributed by atoms with Crippen LogP contribution in [0.3, 0.4) is 0 Å². The third kappa shape index (κ3) is 4.89. The number of amides is 2. The van der Waals surface area contributed by atoms with E-state index < -0.39 is 0 Å². The van der Waals surface area contributed by atoms with Gasteiger partial charge in [-0.1, -0.05) is 41.9 Å². The first-order chi connectivity index (χ1) is 12.7. The molecule has 0 saturated carbocycles. The van der Waals surface area contributed by atoms with E-state index in [4.69, 9.17) is 11.6 Å². The van der Waals surface area contributed by atoms with Gasteiger partial charge in [-0.3, -0.25) is 9.59 Å². The van der Waals surface area contributed by atoms with Gasteiger partial charge >= 0.3 is 0 Å². The normalized spacial score (nSPS) is 14.8. The molecule has 0 radical (unpaired) electrons. The third-order valence-corrected chi connectivity index (χ3v) is 4.88. The van der Waals surface area contributed by atoms with Crippen molar-refractivity contribution >= 4 is 23.4 Å². The van der Waals surface area contributed by atoms with Gasteiger partial charge in [-0.05, 0) is 50.1 Å². The summed E-state index contributed by atoms with van der Waals surface area (Å²) in [5.74, 6) is -0.0877. The summed E-state index contributed by atoms with van der Waals surface area (Å²) in [6.45, 7) is 6.96.